The Morgan fingerprint density at radius 2 is 2.33 bits per heavy atom. The van der Waals surface area contributed by atoms with Crippen LogP contribution in [0.4, 0.5) is 0 Å². The van der Waals surface area contributed by atoms with Crippen molar-refractivity contribution in [2.75, 3.05) is 7.05 Å². The van der Waals surface area contributed by atoms with Crippen LogP contribution in [0.2, 0.25) is 0 Å². The van der Waals surface area contributed by atoms with Crippen molar-refractivity contribution in [2.24, 2.45) is 5.10 Å². The molecule has 0 fully saturated rings. The second-order valence-corrected chi connectivity index (χ2v) is 1.47. The molecule has 0 saturated carbocycles. The van der Waals surface area contributed by atoms with Crippen molar-refractivity contribution < 1.29 is 0 Å². The summed E-state index contributed by atoms with van der Waals surface area (Å²) in [5.74, 6) is 0. The van der Waals surface area contributed by atoms with Crippen LogP contribution in [-0.2, 0) is 0 Å². The van der Waals surface area contributed by atoms with E-state index in [0.717, 1.165) is 5.57 Å². The maximum atomic E-state index is 3.80. The molecule has 0 aromatic carbocycles. The molecule has 0 radical (unpaired) electrons. The molecule has 0 aromatic rings. The normalized spacial score (nSPS) is 12.0. The van der Waals surface area contributed by atoms with Crippen molar-refractivity contribution in [1.82, 2.24) is 5.43 Å². The summed E-state index contributed by atoms with van der Waals surface area (Å²) in [5, 5.41) is 3.80. The average Bonchev–Trinajstić information content (AvgIpc) is 1.91. The molecular formula is C7H12N2. The molecule has 9 heavy (non-hydrogen) atoms. The summed E-state index contributed by atoms with van der Waals surface area (Å²) in [4.78, 5) is 0. The Hall–Kier alpha value is -1.05. The van der Waals surface area contributed by atoms with Gasteiger partial charge < -0.3 is 5.43 Å². The molecule has 0 aliphatic carbocycles. The van der Waals surface area contributed by atoms with Gasteiger partial charge in [0, 0.05) is 7.05 Å². The van der Waals surface area contributed by atoms with E-state index in [-0.39, 0.29) is 0 Å². The molecule has 2 nitrogen and oxygen atoms in total. The molecule has 0 rings (SSSR count). The third kappa shape index (κ3) is 3.53. The monoisotopic (exact) mass is 124 g/mol. The van der Waals surface area contributed by atoms with Crippen LogP contribution in [0.3, 0.4) is 0 Å². The highest BCUT2D eigenvalue weighted by Crippen LogP contribution is 1.88. The van der Waals surface area contributed by atoms with Gasteiger partial charge in [-0.25, -0.2) is 0 Å². The minimum Gasteiger partial charge on any atom is -0.313 e. The molecule has 0 aliphatic rings. The molecule has 50 valence electrons. The van der Waals surface area contributed by atoms with E-state index in [1.807, 2.05) is 13.0 Å². The smallest absolute Gasteiger partial charge is 0.0536 e. The lowest BCUT2D eigenvalue weighted by molar-refractivity contribution is 0.908. The minimum atomic E-state index is 1.02. The van der Waals surface area contributed by atoms with Gasteiger partial charge in [0.25, 0.3) is 0 Å². The minimum absolute atomic E-state index is 1.02. The number of hydrogen-bond donors (Lipinski definition) is 1. The van der Waals surface area contributed by atoms with Gasteiger partial charge in [0.05, 0.1) is 6.21 Å². The number of allylic oxidation sites excluding steroid dienone is 3. The molecule has 0 atom stereocenters. The van der Waals surface area contributed by atoms with Gasteiger partial charge in [0.1, 0.15) is 0 Å². The number of hydrogen-bond acceptors (Lipinski definition) is 2. The van der Waals surface area contributed by atoms with Crippen molar-refractivity contribution in [3.8, 4) is 0 Å². The predicted octanol–water partition coefficient (Wildman–Crippen LogP) is 1.32. The summed E-state index contributed by atoms with van der Waals surface area (Å²) in [6.45, 7) is 5.54. The maximum Gasteiger partial charge on any atom is 0.0536 e. The molecule has 0 unspecified atom stereocenters. The summed E-state index contributed by atoms with van der Waals surface area (Å²) in [6.07, 6.45) is 5.40. The Bertz CT molecular complexity index is 134. The van der Waals surface area contributed by atoms with E-state index in [2.05, 4.69) is 17.1 Å². The fourth-order valence-electron chi connectivity index (χ4n) is 0.384. The second kappa shape index (κ2) is 5.09. The zero-order valence-corrected chi connectivity index (χ0v) is 5.89. The van der Waals surface area contributed by atoms with Crippen LogP contribution in [-0.4, -0.2) is 13.3 Å². The first-order valence-corrected chi connectivity index (χ1v) is 2.83. The third-order valence-electron chi connectivity index (χ3n) is 0.912. The van der Waals surface area contributed by atoms with E-state index in [1.165, 1.54) is 0 Å². The quantitative estimate of drug-likeness (QED) is 0.342. The van der Waals surface area contributed by atoms with E-state index >= 15 is 0 Å². The van der Waals surface area contributed by atoms with Crippen LogP contribution >= 0.6 is 0 Å². The van der Waals surface area contributed by atoms with E-state index in [9.17, 15) is 0 Å². The highest BCUT2D eigenvalue weighted by Gasteiger charge is 1.77. The molecule has 0 heterocycles. The molecular weight excluding hydrogens is 112 g/mol. The fraction of sp³-hybridized carbons (Fsp3) is 0.286. The Labute approximate surface area is 56.0 Å². The van der Waals surface area contributed by atoms with E-state index in [0.29, 0.717) is 0 Å². The van der Waals surface area contributed by atoms with Crippen LogP contribution in [0.1, 0.15) is 6.92 Å². The fourth-order valence-corrected chi connectivity index (χ4v) is 0.384. The van der Waals surface area contributed by atoms with E-state index in [4.69, 9.17) is 0 Å². The van der Waals surface area contributed by atoms with Crippen LogP contribution in [0.25, 0.3) is 0 Å². The van der Waals surface area contributed by atoms with Gasteiger partial charge in [-0.2, -0.15) is 5.10 Å². The van der Waals surface area contributed by atoms with Crippen LogP contribution < -0.4 is 5.43 Å². The van der Waals surface area contributed by atoms with Gasteiger partial charge in [-0.3, -0.25) is 0 Å². The lowest BCUT2D eigenvalue weighted by Crippen LogP contribution is -1.94. The van der Waals surface area contributed by atoms with Crippen molar-refractivity contribution in [3.05, 3.63) is 24.3 Å². The molecule has 0 spiro atoms. The molecule has 0 aromatic heterocycles. The number of nitrogens with zero attached hydrogens (tertiary/aromatic N) is 1. The molecule has 0 bridgehead atoms. The highest BCUT2D eigenvalue weighted by molar-refractivity contribution is 5.81. The zero-order valence-electron chi connectivity index (χ0n) is 5.89. The van der Waals surface area contributed by atoms with E-state index < -0.39 is 0 Å². The summed E-state index contributed by atoms with van der Waals surface area (Å²) < 4.78 is 0. The molecule has 0 saturated heterocycles. The lowest BCUT2D eigenvalue weighted by Gasteiger charge is -1.87. The Morgan fingerprint density at radius 1 is 1.67 bits per heavy atom. The summed E-state index contributed by atoms with van der Waals surface area (Å²) >= 11 is 0. The van der Waals surface area contributed by atoms with E-state index in [1.54, 1.807) is 19.3 Å². The van der Waals surface area contributed by atoms with Gasteiger partial charge in [0.2, 0.25) is 0 Å². The lowest BCUT2D eigenvalue weighted by atomic mass is 10.3. The summed E-state index contributed by atoms with van der Waals surface area (Å²) in [5.41, 5.74) is 3.67. The highest BCUT2D eigenvalue weighted by atomic mass is 15.3. The van der Waals surface area contributed by atoms with Crippen molar-refractivity contribution in [1.29, 1.82) is 0 Å². The molecule has 0 aliphatic heterocycles. The Morgan fingerprint density at radius 3 is 2.67 bits per heavy atom. The molecule has 2 heteroatoms. The largest absolute Gasteiger partial charge is 0.313 e. The first-order chi connectivity index (χ1) is 4.35. The van der Waals surface area contributed by atoms with Crippen molar-refractivity contribution >= 4 is 6.21 Å². The summed E-state index contributed by atoms with van der Waals surface area (Å²) in [6, 6.07) is 0. The van der Waals surface area contributed by atoms with Gasteiger partial charge in [-0.05, 0) is 12.5 Å². The number of nitrogens with one attached hydrogen (secondary N) is 1. The standard InChI is InChI=1S/C7H12N2/c1-4-7(5-2)6-9-8-3/h4-6,8H,1H2,2-3H3/b7-5+,9-6+. The zero-order chi connectivity index (χ0) is 7.11. The number of hydrazone groups is 1. The molecule has 1 N–H and O–H groups in total. The van der Waals surface area contributed by atoms with Crippen LogP contribution in [0, 0.1) is 0 Å². The topological polar surface area (TPSA) is 24.4 Å². The van der Waals surface area contributed by atoms with Crippen LogP contribution in [0.15, 0.2) is 29.4 Å². The maximum absolute atomic E-state index is 3.80. The van der Waals surface area contributed by atoms with Crippen LogP contribution in [0.5, 0.6) is 0 Å². The van der Waals surface area contributed by atoms with Gasteiger partial charge in [-0.1, -0.05) is 18.7 Å². The SMILES string of the molecule is C=CC(/C=N/NC)=C\C. The van der Waals surface area contributed by atoms with Gasteiger partial charge in [0.15, 0.2) is 0 Å². The van der Waals surface area contributed by atoms with Crippen molar-refractivity contribution in [3.63, 3.8) is 0 Å². The van der Waals surface area contributed by atoms with Gasteiger partial charge >= 0.3 is 0 Å². The Kier molecular flexibility index (Phi) is 4.50. The summed E-state index contributed by atoms with van der Waals surface area (Å²) in [7, 11) is 1.76. The Balaban J connectivity index is 3.84. The molecule has 0 amide bonds. The van der Waals surface area contributed by atoms with Gasteiger partial charge in [-0.15, -0.1) is 0 Å². The second-order valence-electron chi connectivity index (χ2n) is 1.47. The first-order valence-electron chi connectivity index (χ1n) is 2.83. The first kappa shape index (κ1) is 7.95. The number of rotatable bonds is 3. The third-order valence-corrected chi connectivity index (χ3v) is 0.912. The average molecular weight is 124 g/mol. The van der Waals surface area contributed by atoms with Crippen molar-refractivity contribution in [2.45, 2.75) is 6.92 Å². The predicted molar refractivity (Wildman–Crippen MR) is 41.5 cm³/mol.